The Morgan fingerprint density at radius 1 is 1.15 bits per heavy atom. The van der Waals surface area contributed by atoms with Crippen LogP contribution in [0.1, 0.15) is 52.8 Å². The summed E-state index contributed by atoms with van der Waals surface area (Å²) >= 11 is 0. The minimum atomic E-state index is -0.503. The van der Waals surface area contributed by atoms with Gasteiger partial charge in [0.2, 0.25) is 5.91 Å². The van der Waals surface area contributed by atoms with Crippen LogP contribution in [0.4, 0.5) is 10.1 Å². The lowest BCUT2D eigenvalue weighted by Gasteiger charge is -2.16. The molecule has 0 spiro atoms. The number of hydrogen-bond donors (Lipinski definition) is 1. The highest BCUT2D eigenvalue weighted by molar-refractivity contribution is 6.04. The fraction of sp³-hybridized carbons (Fsp3) is 0.320. The summed E-state index contributed by atoms with van der Waals surface area (Å²) in [5.74, 6) is -0.172. The maximum Gasteiger partial charge on any atom is 0.259 e. The van der Waals surface area contributed by atoms with Crippen LogP contribution in [0.15, 0.2) is 54.9 Å². The molecule has 2 aromatic heterocycles. The molecular weight excluding hydrogens is 421 g/mol. The van der Waals surface area contributed by atoms with Gasteiger partial charge in [-0.2, -0.15) is 0 Å². The number of carbonyl (C=O) groups excluding carboxylic acids is 2. The minimum absolute atomic E-state index is 0.0344. The SMILES string of the molecule is Cc1nc([C@@H]2CCN(C(=O)CCCc3ccccn3)C2)ncc1C(=O)Nc1ccccc1F. The van der Waals surface area contributed by atoms with E-state index in [1.807, 2.05) is 23.1 Å². The van der Waals surface area contributed by atoms with Gasteiger partial charge in [-0.25, -0.2) is 14.4 Å². The van der Waals surface area contributed by atoms with Crippen LogP contribution in [0.2, 0.25) is 0 Å². The average Bonchev–Trinajstić information content (AvgIpc) is 3.32. The maximum absolute atomic E-state index is 13.8. The monoisotopic (exact) mass is 447 g/mol. The normalized spacial score (nSPS) is 15.5. The van der Waals surface area contributed by atoms with Crippen molar-refractivity contribution in [1.82, 2.24) is 19.9 Å². The number of benzene rings is 1. The lowest BCUT2D eigenvalue weighted by atomic mass is 10.1. The van der Waals surface area contributed by atoms with Crippen LogP contribution in [-0.2, 0) is 11.2 Å². The second kappa shape index (κ2) is 10.3. The summed E-state index contributed by atoms with van der Waals surface area (Å²) in [6.07, 6.45) is 6.05. The van der Waals surface area contributed by atoms with Crippen LogP contribution in [0, 0.1) is 12.7 Å². The van der Waals surface area contributed by atoms with E-state index >= 15 is 0 Å². The molecule has 170 valence electrons. The van der Waals surface area contributed by atoms with Gasteiger partial charge in [0.15, 0.2) is 0 Å². The highest BCUT2D eigenvalue weighted by Gasteiger charge is 2.29. The molecule has 1 aliphatic rings. The van der Waals surface area contributed by atoms with Gasteiger partial charge in [-0.15, -0.1) is 0 Å². The molecule has 0 radical (unpaired) electrons. The van der Waals surface area contributed by atoms with E-state index in [0.29, 0.717) is 36.6 Å². The number of aromatic nitrogens is 3. The Labute approximate surface area is 192 Å². The smallest absolute Gasteiger partial charge is 0.259 e. The van der Waals surface area contributed by atoms with E-state index in [2.05, 4.69) is 20.3 Å². The van der Waals surface area contributed by atoms with Crippen LogP contribution in [0.25, 0.3) is 0 Å². The molecule has 33 heavy (non-hydrogen) atoms. The van der Waals surface area contributed by atoms with Crippen molar-refractivity contribution in [2.45, 2.75) is 38.5 Å². The zero-order chi connectivity index (χ0) is 23.2. The maximum atomic E-state index is 13.8. The molecule has 1 aliphatic heterocycles. The first kappa shape index (κ1) is 22.5. The van der Waals surface area contributed by atoms with E-state index in [1.54, 1.807) is 25.3 Å². The van der Waals surface area contributed by atoms with Crippen molar-refractivity contribution in [1.29, 1.82) is 0 Å². The number of carbonyl (C=O) groups is 2. The predicted molar refractivity (Wildman–Crippen MR) is 122 cm³/mol. The van der Waals surface area contributed by atoms with Gasteiger partial charge in [0, 0.05) is 43.5 Å². The number of likely N-dealkylation sites (tertiary alicyclic amines) is 1. The highest BCUT2D eigenvalue weighted by atomic mass is 19.1. The zero-order valence-corrected chi connectivity index (χ0v) is 18.5. The van der Waals surface area contributed by atoms with Crippen molar-refractivity contribution in [3.05, 3.63) is 83.5 Å². The van der Waals surface area contributed by atoms with Gasteiger partial charge in [-0.3, -0.25) is 14.6 Å². The van der Waals surface area contributed by atoms with Crippen molar-refractivity contribution in [3.63, 3.8) is 0 Å². The van der Waals surface area contributed by atoms with E-state index in [9.17, 15) is 14.0 Å². The fourth-order valence-corrected chi connectivity index (χ4v) is 3.98. The number of halogens is 1. The van der Waals surface area contributed by atoms with E-state index in [1.165, 1.54) is 18.3 Å². The third-order valence-corrected chi connectivity index (χ3v) is 5.82. The Bertz CT molecular complexity index is 1140. The molecular formula is C25H26FN5O2. The summed E-state index contributed by atoms with van der Waals surface area (Å²) < 4.78 is 13.8. The zero-order valence-electron chi connectivity index (χ0n) is 18.5. The molecule has 1 aromatic carbocycles. The summed E-state index contributed by atoms with van der Waals surface area (Å²) in [5.41, 5.74) is 1.92. The quantitative estimate of drug-likeness (QED) is 0.593. The first-order chi connectivity index (χ1) is 16.0. The molecule has 1 atom stereocenters. The number of nitrogens with one attached hydrogen (secondary N) is 1. The Kier molecular flexibility index (Phi) is 7.02. The van der Waals surface area contributed by atoms with Gasteiger partial charge < -0.3 is 10.2 Å². The van der Waals surface area contributed by atoms with E-state index in [-0.39, 0.29) is 17.5 Å². The molecule has 0 aliphatic carbocycles. The third-order valence-electron chi connectivity index (χ3n) is 5.82. The summed E-state index contributed by atoms with van der Waals surface area (Å²) in [6, 6.07) is 11.8. The topological polar surface area (TPSA) is 88.1 Å². The van der Waals surface area contributed by atoms with Crippen molar-refractivity contribution in [3.8, 4) is 0 Å². The predicted octanol–water partition coefficient (Wildman–Crippen LogP) is 3.91. The molecule has 4 rings (SSSR count). The van der Waals surface area contributed by atoms with Gasteiger partial charge in [0.05, 0.1) is 16.9 Å². The lowest BCUT2D eigenvalue weighted by Crippen LogP contribution is -2.28. The van der Waals surface area contributed by atoms with Crippen LogP contribution in [0.3, 0.4) is 0 Å². The van der Waals surface area contributed by atoms with Crippen LogP contribution in [0.5, 0.6) is 0 Å². The highest BCUT2D eigenvalue weighted by Crippen LogP contribution is 2.26. The number of amides is 2. The summed E-state index contributed by atoms with van der Waals surface area (Å²) in [7, 11) is 0. The van der Waals surface area contributed by atoms with E-state index < -0.39 is 11.7 Å². The first-order valence-corrected chi connectivity index (χ1v) is 11.1. The summed E-state index contributed by atoms with van der Waals surface area (Å²) in [6.45, 7) is 2.98. The molecule has 8 heteroatoms. The number of pyridine rings is 1. The number of aryl methyl sites for hydroxylation is 2. The molecule has 0 bridgehead atoms. The molecule has 3 aromatic rings. The van der Waals surface area contributed by atoms with E-state index in [0.717, 1.165) is 25.0 Å². The van der Waals surface area contributed by atoms with E-state index in [4.69, 9.17) is 0 Å². The van der Waals surface area contributed by atoms with Crippen molar-refractivity contribution >= 4 is 17.5 Å². The number of rotatable bonds is 7. The fourth-order valence-electron chi connectivity index (χ4n) is 3.98. The van der Waals surface area contributed by atoms with Crippen LogP contribution in [-0.4, -0.2) is 44.8 Å². The third kappa shape index (κ3) is 5.58. The molecule has 2 amide bonds. The van der Waals surface area contributed by atoms with Crippen LogP contribution >= 0.6 is 0 Å². The second-order valence-electron chi connectivity index (χ2n) is 8.16. The van der Waals surface area contributed by atoms with Crippen LogP contribution < -0.4 is 5.32 Å². The van der Waals surface area contributed by atoms with Gasteiger partial charge >= 0.3 is 0 Å². The number of para-hydroxylation sites is 1. The Morgan fingerprint density at radius 3 is 2.73 bits per heavy atom. The molecule has 0 saturated carbocycles. The number of hydrogen-bond acceptors (Lipinski definition) is 5. The first-order valence-electron chi connectivity index (χ1n) is 11.1. The molecule has 1 N–H and O–H groups in total. The molecule has 0 unspecified atom stereocenters. The number of anilines is 1. The number of nitrogens with zero attached hydrogens (tertiary/aromatic N) is 4. The second-order valence-corrected chi connectivity index (χ2v) is 8.16. The summed E-state index contributed by atoms with van der Waals surface area (Å²) in [4.78, 5) is 40.2. The Morgan fingerprint density at radius 2 is 1.97 bits per heavy atom. The largest absolute Gasteiger partial charge is 0.342 e. The molecule has 1 saturated heterocycles. The van der Waals surface area contributed by atoms with Crippen molar-refractivity contribution in [2.24, 2.45) is 0 Å². The van der Waals surface area contributed by atoms with Gasteiger partial charge in [0.1, 0.15) is 11.6 Å². The average molecular weight is 448 g/mol. The van der Waals surface area contributed by atoms with Gasteiger partial charge in [0.25, 0.3) is 5.91 Å². The summed E-state index contributed by atoms with van der Waals surface area (Å²) in [5, 5.41) is 2.56. The van der Waals surface area contributed by atoms with Crippen molar-refractivity contribution in [2.75, 3.05) is 18.4 Å². The standard InChI is InChI=1S/C25H26FN5O2/c1-17-20(25(33)30-22-10-3-2-9-21(22)26)15-28-24(29-17)18-12-14-31(16-18)23(32)11-6-8-19-7-4-5-13-27-19/h2-5,7,9-10,13,15,18H,6,8,11-12,14,16H2,1H3,(H,30,33)/t18-/m1/s1. The minimum Gasteiger partial charge on any atom is -0.342 e. The van der Waals surface area contributed by atoms with Gasteiger partial charge in [-0.05, 0) is 50.5 Å². The van der Waals surface area contributed by atoms with Gasteiger partial charge in [-0.1, -0.05) is 18.2 Å². The Balaban J connectivity index is 1.32. The molecule has 1 fully saturated rings. The molecule has 7 nitrogen and oxygen atoms in total. The Hall–Kier alpha value is -3.68. The van der Waals surface area contributed by atoms with Crippen molar-refractivity contribution < 1.29 is 14.0 Å². The molecule has 3 heterocycles. The lowest BCUT2D eigenvalue weighted by molar-refractivity contribution is -0.130.